The normalized spacial score (nSPS) is 21.6. The van der Waals surface area contributed by atoms with Crippen molar-refractivity contribution in [3.63, 3.8) is 0 Å². The number of aldehydes is 1. The van der Waals surface area contributed by atoms with Crippen molar-refractivity contribution in [3.8, 4) is 0 Å². The summed E-state index contributed by atoms with van der Waals surface area (Å²) in [5.41, 5.74) is 6.14. The first-order chi connectivity index (χ1) is 14.7. The van der Waals surface area contributed by atoms with Gasteiger partial charge in [0.2, 0.25) is 0 Å². The highest BCUT2D eigenvalue weighted by Gasteiger charge is 2.30. The Kier molecular flexibility index (Phi) is 11.6. The van der Waals surface area contributed by atoms with Crippen molar-refractivity contribution in [2.24, 2.45) is 11.3 Å². The van der Waals surface area contributed by atoms with Gasteiger partial charge in [0.25, 0.3) is 0 Å². The highest BCUT2D eigenvalue weighted by Crippen LogP contribution is 2.41. The standard InChI is InChI=1S/C30H40O/c1-24(13-8-9-14-25(2)16-11-18-27(4)23-31)15-10-17-26(3)20-21-29-28(5)19-12-22-30(29,6)7/h8-11,13-21,23,29H,12,22H2,1-7H3/b9-8+,15-10+,16-11+,21-20+,24-13+,25-14+,26-17+,27-18+. The molecule has 0 saturated heterocycles. The highest BCUT2D eigenvalue weighted by molar-refractivity contribution is 5.72. The molecule has 31 heavy (non-hydrogen) atoms. The van der Waals surface area contributed by atoms with Crippen LogP contribution in [-0.2, 0) is 4.79 Å². The molecule has 0 heterocycles. The predicted octanol–water partition coefficient (Wildman–Crippen LogP) is 8.58. The number of hydrogen-bond donors (Lipinski definition) is 0. The number of rotatable bonds is 9. The quantitative estimate of drug-likeness (QED) is 0.159. The topological polar surface area (TPSA) is 17.1 Å². The van der Waals surface area contributed by atoms with Crippen LogP contribution in [0.3, 0.4) is 0 Å². The molecule has 1 atom stereocenters. The van der Waals surface area contributed by atoms with E-state index >= 15 is 0 Å². The molecular formula is C30H40O. The Bertz CT molecular complexity index is 873. The van der Waals surface area contributed by atoms with E-state index in [4.69, 9.17) is 0 Å². The lowest BCUT2D eigenvalue weighted by Gasteiger charge is -2.36. The van der Waals surface area contributed by atoms with Gasteiger partial charge >= 0.3 is 0 Å². The van der Waals surface area contributed by atoms with Gasteiger partial charge in [-0.05, 0) is 58.4 Å². The maximum Gasteiger partial charge on any atom is 0.145 e. The third-order valence-electron chi connectivity index (χ3n) is 5.59. The van der Waals surface area contributed by atoms with E-state index in [-0.39, 0.29) is 0 Å². The zero-order valence-corrected chi connectivity index (χ0v) is 20.5. The van der Waals surface area contributed by atoms with E-state index in [0.29, 0.717) is 11.3 Å². The monoisotopic (exact) mass is 416 g/mol. The fourth-order valence-electron chi connectivity index (χ4n) is 3.55. The van der Waals surface area contributed by atoms with Crippen molar-refractivity contribution in [2.45, 2.75) is 61.3 Å². The summed E-state index contributed by atoms with van der Waals surface area (Å²) < 4.78 is 0. The molecule has 0 N–H and O–H groups in total. The van der Waals surface area contributed by atoms with Gasteiger partial charge in [-0.1, -0.05) is 115 Å². The summed E-state index contributed by atoms with van der Waals surface area (Å²) in [5, 5.41) is 0. The molecule has 0 fully saturated rings. The van der Waals surface area contributed by atoms with Crippen LogP contribution in [0.2, 0.25) is 0 Å². The minimum atomic E-state index is 0.338. The van der Waals surface area contributed by atoms with E-state index in [9.17, 15) is 4.79 Å². The Morgan fingerprint density at radius 2 is 1.29 bits per heavy atom. The van der Waals surface area contributed by atoms with E-state index in [1.807, 2.05) is 43.4 Å². The molecule has 0 amide bonds. The summed E-state index contributed by atoms with van der Waals surface area (Å²) in [6, 6.07) is 0. The Morgan fingerprint density at radius 3 is 1.81 bits per heavy atom. The van der Waals surface area contributed by atoms with Crippen LogP contribution in [0.5, 0.6) is 0 Å². The molecule has 0 saturated carbocycles. The Balaban J connectivity index is 2.63. The molecule has 0 aromatic rings. The third-order valence-corrected chi connectivity index (χ3v) is 5.59. The van der Waals surface area contributed by atoms with Crippen molar-refractivity contribution >= 4 is 6.29 Å². The maximum atomic E-state index is 10.6. The fourth-order valence-corrected chi connectivity index (χ4v) is 3.55. The van der Waals surface area contributed by atoms with Crippen LogP contribution in [-0.4, -0.2) is 6.29 Å². The van der Waals surface area contributed by atoms with Gasteiger partial charge in [0.15, 0.2) is 0 Å². The van der Waals surface area contributed by atoms with Crippen LogP contribution in [0.4, 0.5) is 0 Å². The molecule has 0 aromatic carbocycles. The predicted molar refractivity (Wildman–Crippen MR) is 138 cm³/mol. The SMILES string of the molecule is CC1=CCCC(C)(C)C1/C=C/C(C)=C/C=C/C(C)=C/C=C/C=C(C)/C=C/C=C(\C)C=O. The first-order valence-electron chi connectivity index (χ1n) is 11.2. The summed E-state index contributed by atoms with van der Waals surface area (Å²) in [7, 11) is 0. The lowest BCUT2D eigenvalue weighted by molar-refractivity contribution is -0.104. The van der Waals surface area contributed by atoms with Crippen LogP contribution in [0.15, 0.2) is 107 Å². The van der Waals surface area contributed by atoms with Crippen LogP contribution >= 0.6 is 0 Å². The lowest BCUT2D eigenvalue weighted by atomic mass is 9.68. The van der Waals surface area contributed by atoms with Gasteiger partial charge in [-0.3, -0.25) is 4.79 Å². The smallest absolute Gasteiger partial charge is 0.145 e. The lowest BCUT2D eigenvalue weighted by Crippen LogP contribution is -2.26. The van der Waals surface area contributed by atoms with Crippen LogP contribution in [0.1, 0.15) is 61.3 Å². The van der Waals surface area contributed by atoms with Crippen molar-refractivity contribution in [1.82, 2.24) is 0 Å². The zero-order valence-electron chi connectivity index (χ0n) is 20.5. The molecule has 1 unspecified atom stereocenters. The molecule has 0 spiro atoms. The van der Waals surface area contributed by atoms with Gasteiger partial charge in [0.1, 0.15) is 6.29 Å². The van der Waals surface area contributed by atoms with Gasteiger partial charge < -0.3 is 0 Å². The maximum absolute atomic E-state index is 10.6. The summed E-state index contributed by atoms with van der Waals surface area (Å²) in [4.78, 5) is 10.6. The van der Waals surface area contributed by atoms with Crippen LogP contribution < -0.4 is 0 Å². The zero-order chi connectivity index (χ0) is 23.3. The molecule has 1 aliphatic rings. The molecule has 1 heteroatoms. The molecule has 1 nitrogen and oxygen atoms in total. The van der Waals surface area contributed by atoms with Gasteiger partial charge in [0.05, 0.1) is 0 Å². The summed E-state index contributed by atoms with van der Waals surface area (Å²) in [6.45, 7) is 15.1. The van der Waals surface area contributed by atoms with Gasteiger partial charge in [-0.25, -0.2) is 0 Å². The molecule has 0 radical (unpaired) electrons. The van der Waals surface area contributed by atoms with Gasteiger partial charge in [-0.15, -0.1) is 0 Å². The second kappa shape index (κ2) is 13.6. The van der Waals surface area contributed by atoms with E-state index < -0.39 is 0 Å². The van der Waals surface area contributed by atoms with E-state index in [1.54, 1.807) is 6.92 Å². The van der Waals surface area contributed by atoms with E-state index in [2.05, 4.69) is 77.2 Å². The number of carbonyl (C=O) groups is 1. The third kappa shape index (κ3) is 10.8. The largest absolute Gasteiger partial charge is 0.298 e. The Morgan fingerprint density at radius 1 is 0.806 bits per heavy atom. The van der Waals surface area contributed by atoms with Crippen molar-refractivity contribution in [1.29, 1.82) is 0 Å². The molecule has 0 aliphatic heterocycles. The highest BCUT2D eigenvalue weighted by atomic mass is 16.1. The first-order valence-corrected chi connectivity index (χ1v) is 11.2. The fraction of sp³-hybridized carbons (Fsp3) is 0.367. The number of hydrogen-bond acceptors (Lipinski definition) is 1. The summed E-state index contributed by atoms with van der Waals surface area (Å²) in [5.74, 6) is 0.525. The van der Waals surface area contributed by atoms with Crippen molar-refractivity contribution < 1.29 is 4.79 Å². The number of carbonyl (C=O) groups excluding carboxylic acids is 1. The second-order valence-corrected chi connectivity index (χ2v) is 9.18. The van der Waals surface area contributed by atoms with Crippen molar-refractivity contribution in [3.05, 3.63) is 107 Å². The second-order valence-electron chi connectivity index (χ2n) is 9.18. The number of allylic oxidation sites excluding steroid dienone is 18. The molecule has 1 rings (SSSR count). The van der Waals surface area contributed by atoms with E-state index in [0.717, 1.165) is 17.4 Å². The molecule has 1 aliphatic carbocycles. The van der Waals surface area contributed by atoms with Gasteiger partial charge in [0, 0.05) is 5.92 Å². The average molecular weight is 417 g/mol. The minimum absolute atomic E-state index is 0.338. The minimum Gasteiger partial charge on any atom is -0.298 e. The van der Waals surface area contributed by atoms with Crippen LogP contribution in [0, 0.1) is 11.3 Å². The van der Waals surface area contributed by atoms with E-state index in [1.165, 1.54) is 29.6 Å². The molecule has 166 valence electrons. The van der Waals surface area contributed by atoms with Gasteiger partial charge in [-0.2, -0.15) is 0 Å². The molecule has 0 aromatic heterocycles. The summed E-state index contributed by atoms with van der Waals surface area (Å²) >= 11 is 0. The summed E-state index contributed by atoms with van der Waals surface area (Å²) in [6.07, 6.45) is 30.6. The Hall–Kier alpha value is -2.67. The molecular weight excluding hydrogens is 376 g/mol. The van der Waals surface area contributed by atoms with Crippen LogP contribution in [0.25, 0.3) is 0 Å². The Labute approximate surface area is 190 Å². The first kappa shape index (κ1) is 26.4. The van der Waals surface area contributed by atoms with Crippen molar-refractivity contribution in [2.75, 3.05) is 0 Å². The molecule has 0 bridgehead atoms. The average Bonchev–Trinajstić information content (AvgIpc) is 2.70.